The molecule has 0 spiro atoms. The number of pyridine rings is 1. The Morgan fingerprint density at radius 3 is 2.52 bits per heavy atom. The maximum atomic E-state index is 14.1. The fourth-order valence-electron chi connectivity index (χ4n) is 2.55. The van der Waals surface area contributed by atoms with Gasteiger partial charge in [-0.3, -0.25) is 9.78 Å². The summed E-state index contributed by atoms with van der Waals surface area (Å²) in [7, 11) is 3.55. The van der Waals surface area contributed by atoms with E-state index in [0.717, 1.165) is 0 Å². The number of nitrogens with zero attached hydrogens (tertiary/aromatic N) is 5. The van der Waals surface area contributed by atoms with Crippen molar-refractivity contribution in [3.63, 3.8) is 0 Å². The van der Waals surface area contributed by atoms with E-state index in [2.05, 4.69) is 31.1 Å². The number of carbonyl (C=O) groups excluding carboxylic acids is 1. The summed E-state index contributed by atoms with van der Waals surface area (Å²) in [5.74, 6) is -1.37. The minimum atomic E-state index is -2.86. The summed E-state index contributed by atoms with van der Waals surface area (Å²) < 4.78 is 44.3. The summed E-state index contributed by atoms with van der Waals surface area (Å²) in [6.45, 7) is 0.0673. The summed E-state index contributed by atoms with van der Waals surface area (Å²) in [4.78, 5) is 18.9. The first-order chi connectivity index (χ1) is 13.8. The molecule has 0 aliphatic heterocycles. The molecule has 0 radical (unpaired) electrons. The van der Waals surface area contributed by atoms with Crippen molar-refractivity contribution in [3.8, 4) is 11.5 Å². The molecule has 29 heavy (non-hydrogen) atoms. The molecule has 152 valence electrons. The Balaban J connectivity index is 1.85. The van der Waals surface area contributed by atoms with Crippen LogP contribution in [-0.4, -0.2) is 35.7 Å². The van der Waals surface area contributed by atoms with Crippen LogP contribution in [-0.2, 0) is 11.3 Å². The molecule has 2 aromatic heterocycles. The van der Waals surface area contributed by atoms with Gasteiger partial charge in [-0.1, -0.05) is 0 Å². The molecule has 0 fully saturated rings. The third-order valence-electron chi connectivity index (χ3n) is 3.97. The smallest absolute Gasteiger partial charge is 0.314 e. The Labute approximate surface area is 172 Å². The van der Waals surface area contributed by atoms with E-state index in [4.69, 9.17) is 4.42 Å². The van der Waals surface area contributed by atoms with E-state index in [1.807, 2.05) is 0 Å². The van der Waals surface area contributed by atoms with Gasteiger partial charge in [0.25, 0.3) is 5.89 Å². The number of alkyl halides is 2. The van der Waals surface area contributed by atoms with Crippen LogP contribution in [0.1, 0.15) is 18.0 Å². The molecule has 2 heterocycles. The van der Waals surface area contributed by atoms with Crippen LogP contribution < -0.4 is 9.80 Å². The van der Waals surface area contributed by atoms with E-state index in [-0.39, 0.29) is 16.9 Å². The lowest BCUT2D eigenvalue weighted by atomic mass is 10.2. The van der Waals surface area contributed by atoms with E-state index in [0.29, 0.717) is 29.0 Å². The molecule has 1 amide bonds. The number of hydrogen-bond acceptors (Lipinski definition) is 6. The number of hydrogen-bond donors (Lipinski definition) is 0. The summed E-state index contributed by atoms with van der Waals surface area (Å²) in [6.07, 6.45) is -0.907. The maximum Gasteiger partial charge on any atom is 0.314 e. The summed E-state index contributed by atoms with van der Waals surface area (Å²) >= 11 is 3.14. The molecule has 0 aliphatic rings. The molecule has 3 aromatic rings. The van der Waals surface area contributed by atoms with Crippen LogP contribution in [0.4, 0.5) is 24.5 Å². The van der Waals surface area contributed by atoms with E-state index in [1.54, 1.807) is 37.2 Å². The van der Waals surface area contributed by atoms with Crippen molar-refractivity contribution in [2.24, 2.45) is 0 Å². The van der Waals surface area contributed by atoms with Crippen molar-refractivity contribution in [2.45, 2.75) is 13.0 Å². The van der Waals surface area contributed by atoms with Gasteiger partial charge in [0.1, 0.15) is 5.82 Å². The minimum Gasteiger partial charge on any atom is -0.415 e. The van der Waals surface area contributed by atoms with Crippen LogP contribution in [0.3, 0.4) is 0 Å². The Kier molecular flexibility index (Phi) is 6.16. The first-order valence-electron chi connectivity index (χ1n) is 8.25. The lowest BCUT2D eigenvalue weighted by Crippen LogP contribution is -2.24. The largest absolute Gasteiger partial charge is 0.415 e. The first-order valence-corrected chi connectivity index (χ1v) is 9.04. The van der Waals surface area contributed by atoms with Gasteiger partial charge in [0, 0.05) is 26.4 Å². The van der Waals surface area contributed by atoms with Crippen LogP contribution in [0.5, 0.6) is 0 Å². The van der Waals surface area contributed by atoms with Gasteiger partial charge in [0.15, 0.2) is 0 Å². The number of halogens is 4. The third kappa shape index (κ3) is 4.56. The van der Waals surface area contributed by atoms with Crippen LogP contribution in [0.15, 0.2) is 39.4 Å². The molecular weight excluding hydrogens is 455 g/mol. The highest BCUT2D eigenvalue weighted by Crippen LogP contribution is 2.33. The van der Waals surface area contributed by atoms with Crippen molar-refractivity contribution in [1.29, 1.82) is 0 Å². The first kappa shape index (κ1) is 20.8. The van der Waals surface area contributed by atoms with E-state index in [1.165, 1.54) is 17.2 Å². The fraction of sp³-hybridized carbons (Fsp3) is 0.222. The molecular formula is C18H15BrF3N5O2. The SMILES string of the molecule is CN(C)c1cc(Br)c(F)cc1N(C=O)Cc1ccc(-c2nnc(C(F)F)o2)cn1. The van der Waals surface area contributed by atoms with Crippen molar-refractivity contribution < 1.29 is 22.4 Å². The summed E-state index contributed by atoms with van der Waals surface area (Å²) in [6, 6.07) is 5.98. The number of anilines is 2. The zero-order valence-corrected chi connectivity index (χ0v) is 16.9. The van der Waals surface area contributed by atoms with Gasteiger partial charge in [-0.15, -0.1) is 10.2 Å². The van der Waals surface area contributed by atoms with E-state index in [9.17, 15) is 18.0 Å². The average molecular weight is 470 g/mol. The second-order valence-corrected chi connectivity index (χ2v) is 7.02. The van der Waals surface area contributed by atoms with Crippen LogP contribution in [0.2, 0.25) is 0 Å². The molecule has 0 bridgehead atoms. The second-order valence-electron chi connectivity index (χ2n) is 6.17. The Bertz CT molecular complexity index is 1010. The standard InChI is InChI=1S/C18H15BrF3N5O2/c1-26(2)14-5-12(19)13(20)6-15(14)27(9-28)8-11-4-3-10(7-23-11)17-24-25-18(29-17)16(21)22/h3-7,9,16H,8H2,1-2H3. The van der Waals surface area contributed by atoms with Crippen molar-refractivity contribution >= 4 is 33.7 Å². The number of carbonyl (C=O) groups is 1. The molecule has 0 atom stereocenters. The number of aromatic nitrogens is 3. The van der Waals surface area contributed by atoms with Crippen molar-refractivity contribution in [2.75, 3.05) is 23.9 Å². The van der Waals surface area contributed by atoms with Crippen molar-refractivity contribution in [1.82, 2.24) is 15.2 Å². The van der Waals surface area contributed by atoms with Crippen LogP contribution in [0, 0.1) is 5.82 Å². The summed E-state index contributed by atoms with van der Waals surface area (Å²) in [5.41, 5.74) is 1.85. The van der Waals surface area contributed by atoms with Crippen molar-refractivity contribution in [3.05, 3.63) is 52.3 Å². The lowest BCUT2D eigenvalue weighted by Gasteiger charge is -2.24. The fourth-order valence-corrected chi connectivity index (χ4v) is 2.88. The summed E-state index contributed by atoms with van der Waals surface area (Å²) in [5, 5.41) is 6.82. The molecule has 1 aromatic carbocycles. The van der Waals surface area contributed by atoms with Gasteiger partial charge in [-0.2, -0.15) is 8.78 Å². The zero-order chi connectivity index (χ0) is 21.1. The maximum absolute atomic E-state index is 14.1. The predicted molar refractivity (Wildman–Crippen MR) is 103 cm³/mol. The average Bonchev–Trinajstić information content (AvgIpc) is 3.19. The number of benzene rings is 1. The molecule has 7 nitrogen and oxygen atoms in total. The predicted octanol–water partition coefficient (Wildman–Crippen LogP) is 4.20. The molecule has 0 saturated carbocycles. The normalized spacial score (nSPS) is 11.0. The number of rotatable bonds is 7. The topological polar surface area (TPSA) is 75.4 Å². The quantitative estimate of drug-likeness (QED) is 0.482. The minimum absolute atomic E-state index is 0.0673. The van der Waals surface area contributed by atoms with Gasteiger partial charge in [0.2, 0.25) is 12.3 Å². The molecule has 0 saturated heterocycles. The zero-order valence-electron chi connectivity index (χ0n) is 15.3. The van der Waals surface area contributed by atoms with Crippen LogP contribution in [0.25, 0.3) is 11.5 Å². The molecule has 0 N–H and O–H groups in total. The molecule has 11 heteroatoms. The highest BCUT2D eigenvalue weighted by atomic mass is 79.9. The molecule has 0 aliphatic carbocycles. The van der Waals surface area contributed by atoms with Crippen LogP contribution >= 0.6 is 15.9 Å². The highest BCUT2D eigenvalue weighted by Gasteiger charge is 2.19. The second kappa shape index (κ2) is 8.60. The number of amides is 1. The monoisotopic (exact) mass is 469 g/mol. The van der Waals surface area contributed by atoms with Gasteiger partial charge in [-0.25, -0.2) is 4.39 Å². The molecule has 3 rings (SSSR count). The van der Waals surface area contributed by atoms with Gasteiger partial charge in [-0.05, 0) is 34.1 Å². The van der Waals surface area contributed by atoms with Gasteiger partial charge >= 0.3 is 6.43 Å². The highest BCUT2D eigenvalue weighted by molar-refractivity contribution is 9.10. The van der Waals surface area contributed by atoms with Gasteiger partial charge < -0.3 is 14.2 Å². The molecule has 0 unspecified atom stereocenters. The lowest BCUT2D eigenvalue weighted by molar-refractivity contribution is -0.107. The van der Waals surface area contributed by atoms with Gasteiger partial charge in [0.05, 0.1) is 33.6 Å². The van der Waals surface area contributed by atoms with E-state index >= 15 is 0 Å². The Morgan fingerprint density at radius 1 is 1.21 bits per heavy atom. The Morgan fingerprint density at radius 2 is 1.97 bits per heavy atom. The third-order valence-corrected chi connectivity index (χ3v) is 4.57. The van der Waals surface area contributed by atoms with E-state index < -0.39 is 18.1 Å². The Hall–Kier alpha value is -2.95.